The van der Waals surface area contributed by atoms with Gasteiger partial charge < -0.3 is 5.73 Å². The molecule has 0 radical (unpaired) electrons. The maximum atomic E-state index is 12.1. The number of nitrogens with one attached hydrogen (secondary N) is 1. The Morgan fingerprint density at radius 1 is 1.43 bits per heavy atom. The summed E-state index contributed by atoms with van der Waals surface area (Å²) in [6.07, 6.45) is 0. The van der Waals surface area contributed by atoms with E-state index in [4.69, 9.17) is 5.73 Å². The molecule has 1 aromatic carbocycles. The van der Waals surface area contributed by atoms with Gasteiger partial charge in [0.05, 0.1) is 0 Å². The van der Waals surface area contributed by atoms with Crippen LogP contribution in [0.1, 0.15) is 12.5 Å². The van der Waals surface area contributed by atoms with E-state index in [1.165, 1.54) is 11.8 Å². The Labute approximate surface area is 127 Å². The van der Waals surface area contributed by atoms with E-state index in [-0.39, 0.29) is 0 Å². The topological polar surface area (TPSA) is 98.7 Å². The van der Waals surface area contributed by atoms with E-state index in [2.05, 4.69) is 20.8 Å². The molecule has 0 aliphatic heterocycles. The second-order valence-electron chi connectivity index (χ2n) is 4.54. The molecule has 2 aromatic rings. The van der Waals surface area contributed by atoms with Gasteiger partial charge >= 0.3 is 0 Å². The number of hydrogen-bond donors (Lipinski definition) is 2. The number of hydrogen-bond acceptors (Lipinski definition) is 6. The van der Waals surface area contributed by atoms with Gasteiger partial charge in [-0.05, 0) is 22.5 Å². The molecule has 0 fully saturated rings. The molecule has 0 saturated heterocycles. The minimum Gasteiger partial charge on any atom is -0.368 e. The Kier molecular flexibility index (Phi) is 4.92. The second kappa shape index (κ2) is 6.68. The quantitative estimate of drug-likeness (QED) is 0.714. The number of nitrogens with two attached hydrogens (primary N) is 1. The van der Waals surface area contributed by atoms with Gasteiger partial charge in [-0.25, -0.2) is 4.68 Å². The van der Waals surface area contributed by atoms with Gasteiger partial charge in [0.15, 0.2) is 0 Å². The highest BCUT2D eigenvalue weighted by molar-refractivity contribution is 7.99. The molecule has 0 aliphatic carbocycles. The van der Waals surface area contributed by atoms with E-state index >= 15 is 0 Å². The van der Waals surface area contributed by atoms with Crippen molar-refractivity contribution in [2.24, 2.45) is 12.8 Å². The lowest BCUT2D eigenvalue weighted by molar-refractivity contribution is -0.123. The van der Waals surface area contributed by atoms with Crippen molar-refractivity contribution in [1.29, 1.82) is 0 Å². The van der Waals surface area contributed by atoms with Crippen LogP contribution in [0.2, 0.25) is 0 Å². The highest BCUT2D eigenvalue weighted by Crippen LogP contribution is 2.28. The zero-order chi connectivity index (χ0) is 15.3. The van der Waals surface area contributed by atoms with Crippen molar-refractivity contribution in [2.75, 3.05) is 12.3 Å². The number of nitrogens with zero attached hydrogens (tertiary/aromatic N) is 4. The number of carbonyl (C=O) groups excluding carboxylic acids is 1. The Morgan fingerprint density at radius 2 is 2.14 bits per heavy atom. The summed E-state index contributed by atoms with van der Waals surface area (Å²) in [5, 5.41) is 15.1. The number of primary amides is 1. The fourth-order valence-electron chi connectivity index (χ4n) is 2.08. The van der Waals surface area contributed by atoms with Crippen molar-refractivity contribution in [3.8, 4) is 0 Å². The number of benzene rings is 1. The van der Waals surface area contributed by atoms with Crippen molar-refractivity contribution in [3.05, 3.63) is 35.9 Å². The van der Waals surface area contributed by atoms with E-state index in [0.29, 0.717) is 17.5 Å². The van der Waals surface area contributed by atoms with E-state index in [1.54, 1.807) is 11.7 Å². The molecule has 0 bridgehead atoms. The largest absolute Gasteiger partial charge is 0.368 e. The van der Waals surface area contributed by atoms with Crippen LogP contribution in [0.3, 0.4) is 0 Å². The summed E-state index contributed by atoms with van der Waals surface area (Å²) < 4.78 is 1.56. The molecular weight excluding hydrogens is 288 g/mol. The highest BCUT2D eigenvalue weighted by Gasteiger charge is 2.38. The van der Waals surface area contributed by atoms with Gasteiger partial charge in [-0.3, -0.25) is 10.1 Å². The predicted molar refractivity (Wildman–Crippen MR) is 80.5 cm³/mol. The zero-order valence-corrected chi connectivity index (χ0v) is 12.8. The number of carbonyl (C=O) groups is 1. The van der Waals surface area contributed by atoms with Gasteiger partial charge in [0.25, 0.3) is 0 Å². The minimum atomic E-state index is -0.952. The molecular formula is C13H18N6OS. The monoisotopic (exact) mass is 306 g/mol. The Balaban J connectivity index is 2.31. The van der Waals surface area contributed by atoms with E-state index < -0.39 is 11.4 Å². The first-order valence-corrected chi connectivity index (χ1v) is 7.54. The highest BCUT2D eigenvalue weighted by atomic mass is 32.2. The predicted octanol–water partition coefficient (Wildman–Crippen LogP) is 0.293. The first-order valence-electron chi connectivity index (χ1n) is 6.55. The fourth-order valence-corrected chi connectivity index (χ4v) is 3.15. The normalized spacial score (nSPS) is 13.8. The van der Waals surface area contributed by atoms with E-state index in [9.17, 15) is 4.79 Å². The summed E-state index contributed by atoms with van der Waals surface area (Å²) in [6, 6.07) is 9.46. The SMILES string of the molecule is CCNC(CSc1nnnn1C)(C(N)=O)c1ccccc1. The lowest BCUT2D eigenvalue weighted by Crippen LogP contribution is -2.54. The van der Waals surface area contributed by atoms with Crippen LogP contribution in [0, 0.1) is 0 Å². The van der Waals surface area contributed by atoms with Gasteiger partial charge in [0, 0.05) is 12.8 Å². The van der Waals surface area contributed by atoms with Gasteiger partial charge in [-0.15, -0.1) is 5.10 Å². The van der Waals surface area contributed by atoms with Crippen molar-refractivity contribution < 1.29 is 4.79 Å². The number of thioether (sulfide) groups is 1. The molecule has 8 heteroatoms. The molecule has 1 heterocycles. The first kappa shape index (κ1) is 15.5. The fraction of sp³-hybridized carbons (Fsp3) is 0.385. The standard InChI is InChI=1S/C13H18N6OS/c1-3-15-13(11(14)20,10-7-5-4-6-8-10)9-21-12-16-17-18-19(12)2/h4-8,15H,3,9H2,1-2H3,(H2,14,20). The Morgan fingerprint density at radius 3 is 2.67 bits per heavy atom. The van der Waals surface area contributed by atoms with Crippen molar-refractivity contribution in [1.82, 2.24) is 25.5 Å². The van der Waals surface area contributed by atoms with Crippen LogP contribution in [0.4, 0.5) is 0 Å². The van der Waals surface area contributed by atoms with Crippen LogP contribution in [0.15, 0.2) is 35.5 Å². The number of aryl methyl sites for hydroxylation is 1. The molecule has 1 aromatic heterocycles. The third kappa shape index (κ3) is 3.22. The van der Waals surface area contributed by atoms with Crippen molar-refractivity contribution in [2.45, 2.75) is 17.6 Å². The molecule has 0 aliphatic rings. The van der Waals surface area contributed by atoms with Crippen molar-refractivity contribution in [3.63, 3.8) is 0 Å². The molecule has 112 valence electrons. The molecule has 3 N–H and O–H groups in total. The molecule has 1 amide bonds. The number of aromatic nitrogens is 4. The summed E-state index contributed by atoms with van der Waals surface area (Å²) in [4.78, 5) is 12.1. The molecule has 0 spiro atoms. The molecule has 1 unspecified atom stereocenters. The molecule has 0 saturated carbocycles. The van der Waals surface area contributed by atoms with Crippen LogP contribution in [-0.4, -0.2) is 38.4 Å². The third-order valence-corrected chi connectivity index (χ3v) is 4.35. The van der Waals surface area contributed by atoms with Crippen LogP contribution in [0.25, 0.3) is 0 Å². The lowest BCUT2D eigenvalue weighted by atomic mass is 9.91. The van der Waals surface area contributed by atoms with Gasteiger partial charge in [-0.1, -0.05) is 49.0 Å². The average Bonchev–Trinajstić information content (AvgIpc) is 2.89. The Hall–Kier alpha value is -1.93. The lowest BCUT2D eigenvalue weighted by Gasteiger charge is -2.31. The molecule has 21 heavy (non-hydrogen) atoms. The van der Waals surface area contributed by atoms with Crippen LogP contribution in [0.5, 0.6) is 0 Å². The number of rotatable bonds is 7. The van der Waals surface area contributed by atoms with Crippen molar-refractivity contribution >= 4 is 17.7 Å². The summed E-state index contributed by atoms with van der Waals surface area (Å²) in [6.45, 7) is 2.56. The van der Waals surface area contributed by atoms with Gasteiger partial charge in [0.2, 0.25) is 11.1 Å². The number of likely N-dealkylation sites (N-methyl/N-ethyl adjacent to an activating group) is 1. The number of amides is 1. The molecule has 7 nitrogen and oxygen atoms in total. The van der Waals surface area contributed by atoms with E-state index in [1.807, 2.05) is 37.3 Å². The Bertz CT molecular complexity index is 602. The molecule has 2 rings (SSSR count). The van der Waals surface area contributed by atoms with Crippen LogP contribution < -0.4 is 11.1 Å². The van der Waals surface area contributed by atoms with Crippen LogP contribution >= 0.6 is 11.8 Å². The summed E-state index contributed by atoms with van der Waals surface area (Å²) in [7, 11) is 1.75. The average molecular weight is 306 g/mol. The zero-order valence-electron chi connectivity index (χ0n) is 12.0. The minimum absolute atomic E-state index is 0.411. The van der Waals surface area contributed by atoms with E-state index in [0.717, 1.165) is 5.56 Å². The summed E-state index contributed by atoms with van der Waals surface area (Å²) in [5.74, 6) is -0.00724. The van der Waals surface area contributed by atoms with Crippen LogP contribution in [-0.2, 0) is 17.4 Å². The van der Waals surface area contributed by atoms with Gasteiger partial charge in [0.1, 0.15) is 5.54 Å². The first-order chi connectivity index (χ1) is 10.1. The number of tetrazole rings is 1. The summed E-state index contributed by atoms with van der Waals surface area (Å²) >= 11 is 1.39. The molecule has 1 atom stereocenters. The van der Waals surface area contributed by atoms with Gasteiger partial charge in [-0.2, -0.15) is 0 Å². The summed E-state index contributed by atoms with van der Waals surface area (Å²) in [5.41, 5.74) is 5.58. The maximum Gasteiger partial charge on any atom is 0.243 e. The third-order valence-electron chi connectivity index (χ3n) is 3.16. The second-order valence-corrected chi connectivity index (χ2v) is 5.48. The maximum absolute atomic E-state index is 12.1. The smallest absolute Gasteiger partial charge is 0.243 e.